The molecule has 1 amide bonds. The number of carbonyl (C=O) groups is 2. The molecule has 1 aromatic rings. The molecule has 0 fully saturated rings. The van der Waals surface area contributed by atoms with E-state index < -0.39 is 0 Å². The first-order valence-corrected chi connectivity index (χ1v) is 7.18. The van der Waals surface area contributed by atoms with Crippen LogP contribution in [0.5, 0.6) is 5.75 Å². The van der Waals surface area contributed by atoms with Gasteiger partial charge in [0.1, 0.15) is 5.75 Å². The third-order valence-corrected chi connectivity index (χ3v) is 4.33. The maximum atomic E-state index is 12.3. The van der Waals surface area contributed by atoms with Gasteiger partial charge in [0, 0.05) is 12.0 Å². The average molecular weight is 326 g/mol. The third-order valence-electron chi connectivity index (χ3n) is 3.27. The first-order chi connectivity index (χ1) is 9.08. The first-order valence-electron chi connectivity index (χ1n) is 6.26. The lowest BCUT2D eigenvalue weighted by Gasteiger charge is -2.22. The molecule has 1 aromatic carbocycles. The summed E-state index contributed by atoms with van der Waals surface area (Å²) >= 11 is 3.39. The summed E-state index contributed by atoms with van der Waals surface area (Å²) < 4.78 is 5.24. The van der Waals surface area contributed by atoms with Gasteiger partial charge in [-0.1, -0.05) is 22.9 Å². The Labute approximate surface area is 120 Å². The summed E-state index contributed by atoms with van der Waals surface area (Å²) in [5.74, 6) is 0.612. The number of ether oxygens (including phenoxy) is 1. The van der Waals surface area contributed by atoms with E-state index in [1.165, 1.54) is 0 Å². The number of methoxy groups -OCH3 is 1. The molecule has 1 N–H and O–H groups in total. The summed E-state index contributed by atoms with van der Waals surface area (Å²) in [6.45, 7) is 1.95. The van der Waals surface area contributed by atoms with Gasteiger partial charge in [-0.05, 0) is 30.5 Å². The van der Waals surface area contributed by atoms with Gasteiger partial charge >= 0.3 is 0 Å². The van der Waals surface area contributed by atoms with E-state index in [0.717, 1.165) is 12.0 Å². The van der Waals surface area contributed by atoms with Crippen molar-refractivity contribution in [3.63, 3.8) is 0 Å². The quantitative estimate of drug-likeness (QED) is 0.684. The molecule has 102 valence electrons. The number of rotatable bonds is 4. The number of benzene rings is 1. The number of anilines is 1. The fraction of sp³-hybridized carbons (Fsp3) is 0.429. The number of fused-ring (bicyclic) bond motifs is 1. The van der Waals surface area contributed by atoms with Crippen molar-refractivity contribution >= 4 is 33.3 Å². The van der Waals surface area contributed by atoms with Crippen molar-refractivity contribution in [1.29, 1.82) is 0 Å². The van der Waals surface area contributed by atoms with Crippen LogP contribution in [0, 0.1) is 0 Å². The van der Waals surface area contributed by atoms with Gasteiger partial charge in [-0.2, -0.15) is 0 Å². The first kappa shape index (κ1) is 14.1. The topological polar surface area (TPSA) is 55.4 Å². The molecule has 2 rings (SSSR count). The van der Waals surface area contributed by atoms with Gasteiger partial charge in [0.15, 0.2) is 5.78 Å². The zero-order valence-corrected chi connectivity index (χ0v) is 12.5. The van der Waals surface area contributed by atoms with Crippen molar-refractivity contribution in [3.8, 4) is 5.75 Å². The molecule has 0 aliphatic carbocycles. The summed E-state index contributed by atoms with van der Waals surface area (Å²) in [5.41, 5.74) is 2.18. The van der Waals surface area contributed by atoms with Gasteiger partial charge < -0.3 is 10.1 Å². The highest BCUT2D eigenvalue weighted by atomic mass is 79.9. The molecule has 0 spiro atoms. The van der Waals surface area contributed by atoms with E-state index in [9.17, 15) is 9.59 Å². The molecule has 1 unspecified atom stereocenters. The van der Waals surface area contributed by atoms with Crippen molar-refractivity contribution in [3.05, 3.63) is 23.3 Å². The Hall–Kier alpha value is -1.36. The summed E-state index contributed by atoms with van der Waals surface area (Å²) in [4.78, 5) is 23.6. The third kappa shape index (κ3) is 2.66. The minimum atomic E-state index is -0.192. The van der Waals surface area contributed by atoms with E-state index in [1.54, 1.807) is 19.2 Å². The van der Waals surface area contributed by atoms with Gasteiger partial charge in [-0.15, -0.1) is 0 Å². The fourth-order valence-electron chi connectivity index (χ4n) is 2.22. The Morgan fingerprint density at radius 3 is 2.84 bits per heavy atom. The normalized spacial score (nSPS) is 15.4. The Morgan fingerprint density at radius 2 is 2.21 bits per heavy atom. The van der Waals surface area contributed by atoms with Crippen LogP contribution < -0.4 is 10.1 Å². The van der Waals surface area contributed by atoms with E-state index >= 15 is 0 Å². The van der Waals surface area contributed by atoms with Crippen molar-refractivity contribution in [2.45, 2.75) is 31.0 Å². The van der Waals surface area contributed by atoms with Crippen LogP contribution in [0.3, 0.4) is 0 Å². The average Bonchev–Trinajstić information content (AvgIpc) is 2.44. The maximum Gasteiger partial charge on any atom is 0.224 e. The summed E-state index contributed by atoms with van der Waals surface area (Å²) in [7, 11) is 1.55. The van der Waals surface area contributed by atoms with Crippen LogP contribution in [-0.4, -0.2) is 23.6 Å². The van der Waals surface area contributed by atoms with E-state index in [4.69, 9.17) is 4.74 Å². The zero-order valence-electron chi connectivity index (χ0n) is 11.0. The number of amides is 1. The minimum absolute atomic E-state index is 0.0405. The number of carbonyl (C=O) groups excluding carboxylic acids is 2. The number of nitrogens with one attached hydrogen (secondary N) is 1. The van der Waals surface area contributed by atoms with Crippen molar-refractivity contribution < 1.29 is 14.3 Å². The molecule has 1 aliphatic heterocycles. The smallest absolute Gasteiger partial charge is 0.224 e. The Bertz CT molecular complexity index is 528. The van der Waals surface area contributed by atoms with Gasteiger partial charge in [0.25, 0.3) is 0 Å². The van der Waals surface area contributed by atoms with E-state index in [0.29, 0.717) is 29.8 Å². The molecule has 0 radical (unpaired) electrons. The maximum absolute atomic E-state index is 12.3. The molecule has 1 atom stereocenters. The van der Waals surface area contributed by atoms with Crippen LogP contribution in [0.25, 0.3) is 0 Å². The molecule has 0 aromatic heterocycles. The van der Waals surface area contributed by atoms with Crippen LogP contribution in [0.15, 0.2) is 12.1 Å². The van der Waals surface area contributed by atoms with Crippen LogP contribution in [0.2, 0.25) is 0 Å². The SMILES string of the molecule is CCC(Br)C(=O)c1ccc(OC)c2c1CCC(=O)N2. The van der Waals surface area contributed by atoms with E-state index in [1.807, 2.05) is 6.92 Å². The highest BCUT2D eigenvalue weighted by molar-refractivity contribution is 9.10. The fourth-order valence-corrected chi connectivity index (χ4v) is 2.47. The minimum Gasteiger partial charge on any atom is -0.495 e. The van der Waals surface area contributed by atoms with Crippen LogP contribution >= 0.6 is 15.9 Å². The lowest BCUT2D eigenvalue weighted by Crippen LogP contribution is -2.23. The molecular formula is C14H16BrNO3. The number of ketones is 1. The van der Waals surface area contributed by atoms with Crippen molar-refractivity contribution in [2.75, 3.05) is 12.4 Å². The van der Waals surface area contributed by atoms with Crippen LogP contribution in [0.1, 0.15) is 35.7 Å². The van der Waals surface area contributed by atoms with E-state index in [2.05, 4.69) is 21.2 Å². The Balaban J connectivity index is 2.50. The van der Waals surface area contributed by atoms with Crippen LogP contribution in [0.4, 0.5) is 5.69 Å². The second-order valence-corrected chi connectivity index (χ2v) is 5.56. The largest absolute Gasteiger partial charge is 0.495 e. The molecule has 0 saturated carbocycles. The summed E-state index contributed by atoms with van der Waals surface area (Å²) in [6, 6.07) is 3.51. The second-order valence-electron chi connectivity index (χ2n) is 4.46. The van der Waals surface area contributed by atoms with Gasteiger partial charge in [0.2, 0.25) is 5.91 Å². The molecule has 19 heavy (non-hydrogen) atoms. The standard InChI is InChI=1S/C14H16BrNO3/c1-3-10(15)14(18)9-4-6-11(19-2)13-8(9)5-7-12(17)16-13/h4,6,10H,3,5,7H2,1-2H3,(H,16,17). The van der Waals surface area contributed by atoms with E-state index in [-0.39, 0.29) is 16.5 Å². The predicted molar refractivity (Wildman–Crippen MR) is 77.3 cm³/mol. The number of Topliss-reactive ketones (excluding diaryl/α,β-unsaturated/α-hetero) is 1. The van der Waals surface area contributed by atoms with Crippen molar-refractivity contribution in [2.24, 2.45) is 0 Å². The number of hydrogen-bond acceptors (Lipinski definition) is 3. The number of alkyl halides is 1. The lowest BCUT2D eigenvalue weighted by atomic mass is 9.93. The Kier molecular flexibility index (Phi) is 4.24. The highest BCUT2D eigenvalue weighted by Crippen LogP contribution is 2.36. The summed E-state index contributed by atoms with van der Waals surface area (Å²) in [5, 5.41) is 2.80. The van der Waals surface area contributed by atoms with Gasteiger partial charge in [-0.3, -0.25) is 9.59 Å². The molecule has 5 heteroatoms. The van der Waals surface area contributed by atoms with Crippen LogP contribution in [-0.2, 0) is 11.2 Å². The van der Waals surface area contributed by atoms with Crippen molar-refractivity contribution in [1.82, 2.24) is 0 Å². The van der Waals surface area contributed by atoms with Gasteiger partial charge in [0.05, 0.1) is 17.6 Å². The zero-order chi connectivity index (χ0) is 14.0. The highest BCUT2D eigenvalue weighted by Gasteiger charge is 2.26. The lowest BCUT2D eigenvalue weighted by molar-refractivity contribution is -0.116. The van der Waals surface area contributed by atoms with Gasteiger partial charge in [-0.25, -0.2) is 0 Å². The molecule has 1 heterocycles. The summed E-state index contributed by atoms with van der Waals surface area (Å²) in [6.07, 6.45) is 1.70. The second kappa shape index (κ2) is 5.74. The number of halogens is 1. The number of hydrogen-bond donors (Lipinski definition) is 1. The molecule has 4 nitrogen and oxygen atoms in total. The molecule has 1 aliphatic rings. The Morgan fingerprint density at radius 1 is 1.47 bits per heavy atom. The monoisotopic (exact) mass is 325 g/mol. The predicted octanol–water partition coefficient (Wildman–Crippen LogP) is 2.94. The molecule has 0 bridgehead atoms. The molecular weight excluding hydrogens is 310 g/mol. The molecule has 0 saturated heterocycles.